The zero-order valence-electron chi connectivity index (χ0n) is 1.89. The standard InChI is InChI=1S/Al.ClH.O.Ti/h;1H;;. The molecule has 21 valence electrons. The van der Waals surface area contributed by atoms with Gasteiger partial charge in [0.25, 0.3) is 0 Å². The summed E-state index contributed by atoms with van der Waals surface area (Å²) in [5.74, 6) is 0. The van der Waals surface area contributed by atoms with Crippen molar-refractivity contribution in [1.29, 1.82) is 0 Å². The van der Waals surface area contributed by atoms with Gasteiger partial charge in [-0.05, 0) is 0 Å². The normalized spacial score (nSPS) is 0.750. The molecule has 0 aromatic carbocycles. The molecule has 1 radical (unpaired) electrons. The van der Waals surface area contributed by atoms with Crippen LogP contribution in [0.1, 0.15) is 0 Å². The van der Waals surface area contributed by atoms with Gasteiger partial charge < -0.3 is 0 Å². The fourth-order valence-corrected chi connectivity index (χ4v) is 0. The minimum absolute atomic E-state index is 0. The number of halogens is 1. The van der Waals surface area contributed by atoms with Gasteiger partial charge in [-0.1, -0.05) is 0 Å². The minimum atomic E-state index is 0. The maximum Gasteiger partial charge on any atom is 0 e. The van der Waals surface area contributed by atoms with Crippen LogP contribution in [0.4, 0.5) is 0 Å². The van der Waals surface area contributed by atoms with Crippen LogP contribution in [0.15, 0.2) is 0 Å². The van der Waals surface area contributed by atoms with Gasteiger partial charge in [-0.2, -0.15) is 0 Å². The summed E-state index contributed by atoms with van der Waals surface area (Å²) in [6.45, 7) is 0. The van der Waals surface area contributed by atoms with E-state index in [0.717, 1.165) is 0 Å². The summed E-state index contributed by atoms with van der Waals surface area (Å²) in [6, 6.07) is 0. The molecule has 0 heterocycles. The van der Waals surface area contributed by atoms with Gasteiger partial charge in [-0.15, -0.1) is 12.4 Å². The number of hydrogen-bond donors (Lipinski definition) is 0. The van der Waals surface area contributed by atoms with Crippen LogP contribution in [0.3, 0.4) is 0 Å². The maximum atomic E-state index is 8.17. The van der Waals surface area contributed by atoms with E-state index in [1.54, 1.807) is 0 Å². The largest absolute Gasteiger partial charge is 0 e. The third-order valence-electron chi connectivity index (χ3n) is 0. The summed E-state index contributed by atoms with van der Waals surface area (Å²) in [5, 5.41) is 0. The third kappa shape index (κ3) is 10.2. The number of hydrogen-bond acceptors (Lipinski definition) is 1. The fourth-order valence-electron chi connectivity index (χ4n) is 0. The molecule has 4 heavy (non-hydrogen) atoms. The molecular weight excluding hydrogens is 126 g/mol. The van der Waals surface area contributed by atoms with E-state index in [1.165, 1.54) is 16.2 Å². The maximum absolute atomic E-state index is 8.17. The quantitative estimate of drug-likeness (QED) is 0.416. The monoisotopic (exact) mass is 127 g/mol. The van der Waals surface area contributed by atoms with Crippen molar-refractivity contribution in [3.05, 3.63) is 0 Å². The summed E-state index contributed by atoms with van der Waals surface area (Å²) in [4.78, 5) is 0. The molecule has 0 rings (SSSR count). The molecule has 0 aromatic rings. The molecular formula is HAlClOTi. The molecule has 0 fully saturated rings. The van der Waals surface area contributed by atoms with E-state index in [4.69, 9.17) is 3.80 Å². The van der Waals surface area contributed by atoms with E-state index in [2.05, 4.69) is 0 Å². The van der Waals surface area contributed by atoms with E-state index in [-0.39, 0.29) is 34.1 Å². The molecule has 0 aliphatic rings. The summed E-state index contributed by atoms with van der Waals surface area (Å²) >= 11 is 1.17. The first-order valence-corrected chi connectivity index (χ1v) is 0.707. The van der Waals surface area contributed by atoms with E-state index < -0.39 is 0 Å². The average molecular weight is 127 g/mol. The molecule has 0 atom stereocenters. The van der Waals surface area contributed by atoms with Crippen LogP contribution >= 0.6 is 12.4 Å². The second-order valence-corrected chi connectivity index (χ2v) is 0. The Morgan fingerprint density at radius 1 is 1.25 bits per heavy atom. The SMILES string of the molecule is Cl.[O]=[Al].[Ti]. The van der Waals surface area contributed by atoms with Crippen molar-refractivity contribution < 1.29 is 25.5 Å². The van der Waals surface area contributed by atoms with Gasteiger partial charge in [0.05, 0.1) is 0 Å². The molecule has 0 N–H and O–H groups in total. The topological polar surface area (TPSA) is 17.1 Å². The van der Waals surface area contributed by atoms with Gasteiger partial charge in [0.15, 0.2) is 0 Å². The van der Waals surface area contributed by atoms with Gasteiger partial charge in [0.1, 0.15) is 0 Å². The molecule has 0 unspecified atom stereocenters. The molecule has 1 nitrogen and oxygen atoms in total. The molecule has 0 spiro atoms. The zero-order valence-corrected chi connectivity index (χ0v) is 5.43. The van der Waals surface area contributed by atoms with Crippen LogP contribution in [-0.2, 0) is 25.5 Å². The molecule has 0 aliphatic heterocycles. The Bertz CT molecular complexity index is 8.00. The summed E-state index contributed by atoms with van der Waals surface area (Å²) < 4.78 is 8.17. The minimum Gasteiger partial charge on any atom is 0 e. The van der Waals surface area contributed by atoms with Crippen LogP contribution in [0.5, 0.6) is 0 Å². The van der Waals surface area contributed by atoms with E-state index in [0.29, 0.717) is 0 Å². The first-order valence-electron chi connectivity index (χ1n) is 0.236. The van der Waals surface area contributed by atoms with E-state index in [1.807, 2.05) is 0 Å². The van der Waals surface area contributed by atoms with Gasteiger partial charge >= 0.3 is 20.0 Å². The smallest absolute Gasteiger partial charge is 0 e. The second-order valence-electron chi connectivity index (χ2n) is 0. The van der Waals surface area contributed by atoms with Crippen LogP contribution in [0, 0.1) is 0 Å². The van der Waals surface area contributed by atoms with Crippen molar-refractivity contribution in [3.63, 3.8) is 0 Å². The second kappa shape index (κ2) is 27.0. The van der Waals surface area contributed by atoms with E-state index in [9.17, 15) is 0 Å². The molecule has 0 amide bonds. The predicted molar refractivity (Wildman–Crippen MR) is 13.7 cm³/mol. The van der Waals surface area contributed by atoms with Crippen molar-refractivity contribution in [3.8, 4) is 0 Å². The van der Waals surface area contributed by atoms with Gasteiger partial charge in [-0.3, -0.25) is 0 Å². The molecule has 0 bridgehead atoms. The first-order chi connectivity index (χ1) is 1.00. The number of rotatable bonds is 0. The van der Waals surface area contributed by atoms with Crippen molar-refractivity contribution >= 4 is 28.6 Å². The Kier molecular flexibility index (Phi) is 124. The van der Waals surface area contributed by atoms with Gasteiger partial charge in [0, 0.05) is 21.7 Å². The first kappa shape index (κ1) is 18.4. The molecule has 0 aromatic heterocycles. The predicted octanol–water partition coefficient (Wildman–Crippen LogP) is -0.0803. The zero-order chi connectivity index (χ0) is 2.00. The Morgan fingerprint density at radius 3 is 1.25 bits per heavy atom. The summed E-state index contributed by atoms with van der Waals surface area (Å²) in [7, 11) is 0. The molecule has 0 aliphatic carbocycles. The van der Waals surface area contributed by atoms with Gasteiger partial charge in [0.2, 0.25) is 0 Å². The van der Waals surface area contributed by atoms with Crippen LogP contribution in [0.25, 0.3) is 0 Å². The van der Waals surface area contributed by atoms with Crippen molar-refractivity contribution in [2.75, 3.05) is 0 Å². The Labute approximate surface area is 54.1 Å². The van der Waals surface area contributed by atoms with Crippen LogP contribution in [0.2, 0.25) is 0 Å². The third-order valence-corrected chi connectivity index (χ3v) is 0. The van der Waals surface area contributed by atoms with Crippen LogP contribution in [-0.4, -0.2) is 16.2 Å². The van der Waals surface area contributed by atoms with Crippen molar-refractivity contribution in [2.24, 2.45) is 0 Å². The Morgan fingerprint density at radius 2 is 1.25 bits per heavy atom. The average Bonchev–Trinajstić information content (AvgIpc) is 1.00. The Balaban J connectivity index is -0.00000000500. The fraction of sp³-hybridized carbons (Fsp3) is 0. The van der Waals surface area contributed by atoms with Gasteiger partial charge in [-0.25, -0.2) is 0 Å². The molecule has 0 saturated carbocycles. The van der Waals surface area contributed by atoms with Crippen LogP contribution < -0.4 is 0 Å². The van der Waals surface area contributed by atoms with Crippen molar-refractivity contribution in [1.82, 2.24) is 0 Å². The van der Waals surface area contributed by atoms with Crippen molar-refractivity contribution in [2.45, 2.75) is 0 Å². The summed E-state index contributed by atoms with van der Waals surface area (Å²) in [6.07, 6.45) is 0. The summed E-state index contributed by atoms with van der Waals surface area (Å²) in [5.41, 5.74) is 0. The van der Waals surface area contributed by atoms with E-state index >= 15 is 0 Å². The molecule has 0 saturated heterocycles. The molecule has 4 heteroatoms. The Hall–Kier alpha value is 1.34.